The number of ether oxygens (including phenoxy) is 2. The Bertz CT molecular complexity index is 1860. The minimum Gasteiger partial charge on any atom is -0.508 e. The number of nitrogens with zero attached hydrogens (tertiary/aromatic N) is 2. The fraction of sp³-hybridized carbons (Fsp3) is 0.268. The minimum atomic E-state index is -0.327. The Morgan fingerprint density at radius 1 is 0.938 bits per heavy atom. The minimum absolute atomic E-state index is 0.0414. The molecule has 5 aromatic rings. The van der Waals surface area contributed by atoms with Gasteiger partial charge in [-0.2, -0.15) is 0 Å². The lowest BCUT2D eigenvalue weighted by atomic mass is 9.89. The van der Waals surface area contributed by atoms with Gasteiger partial charge in [0.15, 0.2) is 17.6 Å². The van der Waals surface area contributed by atoms with E-state index in [4.69, 9.17) is 9.47 Å². The van der Waals surface area contributed by atoms with Gasteiger partial charge < -0.3 is 19.9 Å². The first kappa shape index (κ1) is 31.5. The van der Waals surface area contributed by atoms with Gasteiger partial charge in [0.1, 0.15) is 12.4 Å². The third-order valence-electron chi connectivity index (χ3n) is 9.54. The van der Waals surface area contributed by atoms with Crippen molar-refractivity contribution in [3.63, 3.8) is 0 Å². The third kappa shape index (κ3) is 6.78. The molecule has 3 heterocycles. The Labute approximate surface area is 282 Å². The fourth-order valence-electron chi connectivity index (χ4n) is 6.88. The highest BCUT2D eigenvalue weighted by atomic mass is 16.6. The third-order valence-corrected chi connectivity index (χ3v) is 9.54. The second-order valence-corrected chi connectivity index (χ2v) is 12.7. The molecule has 244 valence electrons. The Morgan fingerprint density at radius 2 is 1.69 bits per heavy atom. The highest BCUT2D eigenvalue weighted by Crippen LogP contribution is 2.42. The van der Waals surface area contributed by atoms with Gasteiger partial charge in [-0.25, -0.2) is 0 Å². The van der Waals surface area contributed by atoms with E-state index < -0.39 is 0 Å². The first-order chi connectivity index (χ1) is 23.4. The van der Waals surface area contributed by atoms with Gasteiger partial charge in [0.25, 0.3) is 0 Å². The molecule has 2 aliphatic heterocycles. The molecule has 4 aromatic carbocycles. The lowest BCUT2D eigenvalue weighted by Gasteiger charge is -2.41. The highest BCUT2D eigenvalue weighted by molar-refractivity contribution is 5.82. The van der Waals surface area contributed by atoms with Crippen molar-refractivity contribution in [1.82, 2.24) is 15.2 Å². The molecule has 3 unspecified atom stereocenters. The van der Waals surface area contributed by atoms with Crippen LogP contribution in [0, 0.1) is 6.92 Å². The van der Waals surface area contributed by atoms with Crippen LogP contribution in [-0.2, 0) is 24.2 Å². The molecule has 0 radical (unpaired) electrons. The lowest BCUT2D eigenvalue weighted by molar-refractivity contribution is -0.128. The molecule has 7 rings (SSSR count). The molecule has 0 spiro atoms. The number of amides is 1. The number of hydrogen-bond donors (Lipinski definition) is 2. The van der Waals surface area contributed by atoms with E-state index in [1.54, 1.807) is 12.1 Å². The molecule has 7 heteroatoms. The van der Waals surface area contributed by atoms with E-state index in [0.29, 0.717) is 37.6 Å². The van der Waals surface area contributed by atoms with Gasteiger partial charge in [-0.05, 0) is 89.9 Å². The number of carbonyl (C=O) groups excluding carboxylic acids is 1. The van der Waals surface area contributed by atoms with E-state index in [2.05, 4.69) is 88.9 Å². The van der Waals surface area contributed by atoms with Gasteiger partial charge in [0.2, 0.25) is 5.91 Å². The van der Waals surface area contributed by atoms with Gasteiger partial charge in [-0.1, -0.05) is 79.7 Å². The average Bonchev–Trinajstić information content (AvgIpc) is 3.12. The summed E-state index contributed by atoms with van der Waals surface area (Å²) in [4.78, 5) is 20.8. The van der Waals surface area contributed by atoms with Crippen LogP contribution in [0.15, 0.2) is 109 Å². The Hall–Kier alpha value is -5.14. The first-order valence-electron chi connectivity index (χ1n) is 16.8. The van der Waals surface area contributed by atoms with Crippen molar-refractivity contribution in [2.24, 2.45) is 0 Å². The Balaban J connectivity index is 1.08. The highest BCUT2D eigenvalue weighted by Gasteiger charge is 2.37. The topological polar surface area (TPSA) is 83.9 Å². The van der Waals surface area contributed by atoms with Gasteiger partial charge in [0, 0.05) is 36.6 Å². The second-order valence-electron chi connectivity index (χ2n) is 12.7. The number of fused-ring (bicyclic) bond motifs is 2. The van der Waals surface area contributed by atoms with Crippen LogP contribution in [-0.4, -0.2) is 40.1 Å². The number of rotatable bonds is 9. The number of aryl methyl sites for hydroxylation is 1. The number of carbonyl (C=O) groups is 1. The molecule has 3 atom stereocenters. The summed E-state index contributed by atoms with van der Waals surface area (Å²) in [5.41, 5.74) is 8.81. The average molecular weight is 640 g/mol. The van der Waals surface area contributed by atoms with Crippen molar-refractivity contribution in [2.45, 2.75) is 57.8 Å². The van der Waals surface area contributed by atoms with E-state index in [9.17, 15) is 9.90 Å². The van der Waals surface area contributed by atoms with Crippen molar-refractivity contribution in [3.8, 4) is 28.4 Å². The number of pyridine rings is 1. The maximum Gasteiger partial charge on any atom is 0.237 e. The van der Waals surface area contributed by atoms with Gasteiger partial charge in [0.05, 0.1) is 6.04 Å². The van der Waals surface area contributed by atoms with E-state index in [1.807, 2.05) is 37.4 Å². The van der Waals surface area contributed by atoms with Gasteiger partial charge >= 0.3 is 0 Å². The predicted octanol–water partition coefficient (Wildman–Crippen LogP) is 7.51. The summed E-state index contributed by atoms with van der Waals surface area (Å²) in [5.74, 6) is 1.67. The van der Waals surface area contributed by atoms with E-state index in [0.717, 1.165) is 46.4 Å². The second kappa shape index (κ2) is 13.9. The molecule has 2 N–H and O–H groups in total. The summed E-state index contributed by atoms with van der Waals surface area (Å²) in [6.07, 6.45) is 3.85. The normalized spacial score (nSPS) is 17.7. The molecule has 1 amide bonds. The number of aromatic nitrogens is 1. The van der Waals surface area contributed by atoms with Crippen LogP contribution in [0.25, 0.3) is 11.1 Å². The van der Waals surface area contributed by atoms with Crippen molar-refractivity contribution in [2.75, 3.05) is 13.2 Å². The molecule has 7 nitrogen and oxygen atoms in total. The summed E-state index contributed by atoms with van der Waals surface area (Å²) in [5, 5.41) is 13.0. The van der Waals surface area contributed by atoms with E-state index >= 15 is 0 Å². The summed E-state index contributed by atoms with van der Waals surface area (Å²) in [7, 11) is 0. The maximum atomic E-state index is 14.0. The largest absolute Gasteiger partial charge is 0.508 e. The smallest absolute Gasteiger partial charge is 0.237 e. The van der Waals surface area contributed by atoms with E-state index in [-0.39, 0.29) is 29.8 Å². The van der Waals surface area contributed by atoms with Crippen LogP contribution in [0.4, 0.5) is 0 Å². The number of hydrogen-bond acceptors (Lipinski definition) is 6. The number of aromatic hydroxyl groups is 1. The monoisotopic (exact) mass is 639 g/mol. The van der Waals surface area contributed by atoms with Crippen molar-refractivity contribution in [1.29, 1.82) is 0 Å². The molecular formula is C41H41N3O4. The van der Waals surface area contributed by atoms with Crippen LogP contribution < -0.4 is 14.8 Å². The summed E-state index contributed by atoms with van der Waals surface area (Å²) in [6, 6.07) is 34.0. The number of phenolic OH excluding ortho intramolecular Hbond substituents is 1. The first-order valence-corrected chi connectivity index (χ1v) is 16.8. The van der Waals surface area contributed by atoms with Crippen LogP contribution in [0.3, 0.4) is 0 Å². The molecule has 0 aliphatic carbocycles. The van der Waals surface area contributed by atoms with Crippen LogP contribution >= 0.6 is 0 Å². The fourth-order valence-corrected chi connectivity index (χ4v) is 6.88. The lowest BCUT2D eigenvalue weighted by Crippen LogP contribution is -2.51. The van der Waals surface area contributed by atoms with Crippen LogP contribution in [0.2, 0.25) is 0 Å². The summed E-state index contributed by atoms with van der Waals surface area (Å²) in [6.45, 7) is 5.73. The molecule has 2 aliphatic rings. The standard InChI is InChI=1S/C41H41N3O4/c1-3-36(30-7-5-4-6-8-30)44-25-34-23-39-38(47-26-40(48-39)31-15-17-35(45)18-16-31)22-33(34)21-37(44)41(46)42-20-19-28-10-13-29(14-11-28)32-12-9-27(2)43-24-32/h4-18,22-24,36-37,40,45H,3,19-21,25-26H2,1-2H3,(H,42,46). The van der Waals surface area contributed by atoms with Crippen LogP contribution in [0.1, 0.15) is 59.0 Å². The van der Waals surface area contributed by atoms with Crippen molar-refractivity contribution in [3.05, 3.63) is 143 Å². The molecule has 0 saturated heterocycles. The van der Waals surface area contributed by atoms with E-state index in [1.165, 1.54) is 11.1 Å². The number of benzene rings is 4. The maximum absolute atomic E-state index is 14.0. The molecule has 48 heavy (non-hydrogen) atoms. The molecule has 0 saturated carbocycles. The zero-order chi connectivity index (χ0) is 33.0. The Kier molecular flexibility index (Phi) is 9.12. The molecule has 0 fully saturated rings. The van der Waals surface area contributed by atoms with Crippen LogP contribution in [0.5, 0.6) is 17.2 Å². The number of phenols is 1. The summed E-state index contributed by atoms with van der Waals surface area (Å²) < 4.78 is 12.6. The summed E-state index contributed by atoms with van der Waals surface area (Å²) >= 11 is 0. The zero-order valence-corrected chi connectivity index (χ0v) is 27.4. The predicted molar refractivity (Wildman–Crippen MR) is 187 cm³/mol. The molecular weight excluding hydrogens is 598 g/mol. The number of nitrogens with one attached hydrogen (secondary N) is 1. The van der Waals surface area contributed by atoms with Crippen molar-refractivity contribution < 1.29 is 19.4 Å². The van der Waals surface area contributed by atoms with Gasteiger partial charge in [-0.15, -0.1) is 0 Å². The van der Waals surface area contributed by atoms with Crippen molar-refractivity contribution >= 4 is 5.91 Å². The molecule has 0 bridgehead atoms. The SMILES string of the molecule is CCC(c1ccccc1)N1Cc2cc3c(cc2CC1C(=O)NCCc1ccc(-c2ccc(C)nc2)cc1)OCC(c1ccc(O)cc1)O3. The van der Waals surface area contributed by atoms with Gasteiger partial charge in [-0.3, -0.25) is 14.7 Å². The molecule has 1 aromatic heterocycles. The quantitative estimate of drug-likeness (QED) is 0.174. The zero-order valence-electron chi connectivity index (χ0n) is 27.4. The Morgan fingerprint density at radius 3 is 2.42 bits per heavy atom.